The van der Waals surface area contributed by atoms with Crippen molar-refractivity contribution < 1.29 is 0 Å². The smallest absolute Gasteiger partial charge is 0.0402 e. The first-order valence-corrected chi connectivity index (χ1v) is 7.99. The molecule has 2 aliphatic heterocycles. The molecule has 0 radical (unpaired) electrons. The van der Waals surface area contributed by atoms with Crippen LogP contribution in [0.15, 0.2) is 24.3 Å². The first-order chi connectivity index (χ1) is 9.65. The number of nitrogens with zero attached hydrogens (tertiary/aromatic N) is 2. The van der Waals surface area contributed by atoms with Gasteiger partial charge in [0, 0.05) is 36.9 Å². The van der Waals surface area contributed by atoms with E-state index in [4.69, 9.17) is 5.73 Å². The fourth-order valence-electron chi connectivity index (χ4n) is 3.83. The minimum absolute atomic E-state index is 0.222. The fraction of sp³-hybridized carbons (Fsp3) is 0.647. The molecule has 2 saturated heterocycles. The molecule has 3 unspecified atom stereocenters. The molecule has 110 valence electrons. The lowest BCUT2D eigenvalue weighted by molar-refractivity contribution is 0.203. The number of anilines is 1. The summed E-state index contributed by atoms with van der Waals surface area (Å²) >= 11 is 0. The van der Waals surface area contributed by atoms with Gasteiger partial charge in [-0.25, -0.2) is 0 Å². The van der Waals surface area contributed by atoms with Crippen LogP contribution in [0.25, 0.3) is 0 Å². The van der Waals surface area contributed by atoms with Gasteiger partial charge in [-0.05, 0) is 51.3 Å². The van der Waals surface area contributed by atoms with E-state index in [9.17, 15) is 0 Å². The van der Waals surface area contributed by atoms with Gasteiger partial charge in [0.2, 0.25) is 0 Å². The Balaban J connectivity index is 1.84. The molecule has 1 aromatic carbocycles. The van der Waals surface area contributed by atoms with Crippen LogP contribution in [0.1, 0.15) is 32.3 Å². The van der Waals surface area contributed by atoms with Crippen molar-refractivity contribution in [2.24, 2.45) is 5.73 Å². The molecule has 0 amide bonds. The summed E-state index contributed by atoms with van der Waals surface area (Å²) in [5, 5.41) is 0. The van der Waals surface area contributed by atoms with Gasteiger partial charge in [-0.1, -0.05) is 18.2 Å². The molecule has 0 bridgehead atoms. The molecule has 0 aromatic heterocycles. The average molecular weight is 273 g/mol. The summed E-state index contributed by atoms with van der Waals surface area (Å²) in [6.07, 6.45) is 3.69. The summed E-state index contributed by atoms with van der Waals surface area (Å²) < 4.78 is 0. The number of para-hydroxylation sites is 1. The van der Waals surface area contributed by atoms with Crippen molar-refractivity contribution in [3.8, 4) is 0 Å². The van der Waals surface area contributed by atoms with Gasteiger partial charge < -0.3 is 10.6 Å². The van der Waals surface area contributed by atoms with Crippen molar-refractivity contribution in [1.82, 2.24) is 4.90 Å². The van der Waals surface area contributed by atoms with Crippen molar-refractivity contribution in [3.63, 3.8) is 0 Å². The highest BCUT2D eigenvalue weighted by atomic mass is 15.3. The van der Waals surface area contributed by atoms with Crippen molar-refractivity contribution >= 4 is 5.69 Å². The Hall–Kier alpha value is -1.06. The number of benzene rings is 1. The molecule has 3 rings (SSSR count). The standard InChI is InChI=1S/C17H27N3/c1-13(18)10-15-6-3-4-8-17(15)20-12-16-7-5-9-19(16)11-14(20)2/h3-4,6,8,13-14,16H,5,7,9-12,18H2,1-2H3. The van der Waals surface area contributed by atoms with Gasteiger partial charge in [0.25, 0.3) is 0 Å². The van der Waals surface area contributed by atoms with Gasteiger partial charge in [0.1, 0.15) is 0 Å². The molecule has 0 aliphatic carbocycles. The summed E-state index contributed by atoms with van der Waals surface area (Å²) in [6, 6.07) is 10.4. The van der Waals surface area contributed by atoms with E-state index in [1.165, 1.54) is 43.7 Å². The van der Waals surface area contributed by atoms with E-state index in [1.807, 2.05) is 0 Å². The van der Waals surface area contributed by atoms with Crippen molar-refractivity contribution in [2.75, 3.05) is 24.5 Å². The Morgan fingerprint density at radius 2 is 2.10 bits per heavy atom. The van der Waals surface area contributed by atoms with Crippen LogP contribution in [0.5, 0.6) is 0 Å². The first kappa shape index (κ1) is 13.9. The Kier molecular flexibility index (Phi) is 3.99. The van der Waals surface area contributed by atoms with E-state index < -0.39 is 0 Å². The molecule has 20 heavy (non-hydrogen) atoms. The van der Waals surface area contributed by atoms with E-state index >= 15 is 0 Å². The van der Waals surface area contributed by atoms with Crippen LogP contribution in [0.2, 0.25) is 0 Å². The Labute approximate surface area is 122 Å². The number of rotatable bonds is 3. The second-order valence-corrected chi connectivity index (χ2v) is 6.60. The summed E-state index contributed by atoms with van der Waals surface area (Å²) in [4.78, 5) is 5.29. The highest BCUT2D eigenvalue weighted by Gasteiger charge is 2.34. The summed E-state index contributed by atoms with van der Waals surface area (Å²) in [5.74, 6) is 0. The second kappa shape index (κ2) is 5.74. The molecule has 3 nitrogen and oxygen atoms in total. The SMILES string of the molecule is CC(N)Cc1ccccc1N1CC2CCCN2CC1C. The molecule has 0 spiro atoms. The van der Waals surface area contributed by atoms with Crippen molar-refractivity contribution in [3.05, 3.63) is 29.8 Å². The van der Waals surface area contributed by atoms with Gasteiger partial charge in [0.05, 0.1) is 0 Å². The number of hydrogen-bond donors (Lipinski definition) is 1. The molecule has 0 saturated carbocycles. The third-order valence-electron chi connectivity index (χ3n) is 4.78. The fourth-order valence-corrected chi connectivity index (χ4v) is 3.83. The quantitative estimate of drug-likeness (QED) is 0.917. The zero-order chi connectivity index (χ0) is 14.1. The van der Waals surface area contributed by atoms with Gasteiger partial charge in [0.15, 0.2) is 0 Å². The highest BCUT2D eigenvalue weighted by molar-refractivity contribution is 5.55. The maximum Gasteiger partial charge on any atom is 0.0402 e. The molecule has 2 heterocycles. The predicted octanol–water partition coefficient (Wildman–Crippen LogP) is 2.25. The topological polar surface area (TPSA) is 32.5 Å². The predicted molar refractivity (Wildman–Crippen MR) is 85.2 cm³/mol. The van der Waals surface area contributed by atoms with Crippen LogP contribution in [0.4, 0.5) is 5.69 Å². The van der Waals surface area contributed by atoms with Crippen LogP contribution in [-0.2, 0) is 6.42 Å². The highest BCUT2D eigenvalue weighted by Crippen LogP contribution is 2.31. The number of hydrogen-bond acceptors (Lipinski definition) is 3. The van der Waals surface area contributed by atoms with Crippen molar-refractivity contribution in [1.29, 1.82) is 0 Å². The molecule has 2 fully saturated rings. The zero-order valence-corrected chi connectivity index (χ0v) is 12.8. The van der Waals surface area contributed by atoms with Gasteiger partial charge in [-0.2, -0.15) is 0 Å². The van der Waals surface area contributed by atoms with Crippen LogP contribution in [-0.4, -0.2) is 42.7 Å². The number of fused-ring (bicyclic) bond motifs is 1. The van der Waals surface area contributed by atoms with Crippen molar-refractivity contribution in [2.45, 2.75) is 51.2 Å². The Bertz CT molecular complexity index is 457. The van der Waals surface area contributed by atoms with E-state index in [0.717, 1.165) is 12.5 Å². The molecule has 3 heteroatoms. The average Bonchev–Trinajstić information content (AvgIpc) is 2.85. The van der Waals surface area contributed by atoms with Crippen LogP contribution < -0.4 is 10.6 Å². The van der Waals surface area contributed by atoms with E-state index in [1.54, 1.807) is 0 Å². The van der Waals surface area contributed by atoms with Crippen LogP contribution in [0.3, 0.4) is 0 Å². The number of piperazine rings is 1. The summed E-state index contributed by atoms with van der Waals surface area (Å²) in [7, 11) is 0. The monoisotopic (exact) mass is 273 g/mol. The van der Waals surface area contributed by atoms with Gasteiger partial charge >= 0.3 is 0 Å². The zero-order valence-electron chi connectivity index (χ0n) is 12.8. The van der Waals surface area contributed by atoms with Gasteiger partial charge in [-0.3, -0.25) is 4.90 Å². The molecule has 2 aliphatic rings. The lowest BCUT2D eigenvalue weighted by Gasteiger charge is -2.44. The largest absolute Gasteiger partial charge is 0.366 e. The molecular formula is C17H27N3. The van der Waals surface area contributed by atoms with Gasteiger partial charge in [-0.15, -0.1) is 0 Å². The minimum Gasteiger partial charge on any atom is -0.366 e. The normalized spacial score (nSPS) is 28.4. The molecule has 2 N–H and O–H groups in total. The maximum absolute atomic E-state index is 6.02. The van der Waals surface area contributed by atoms with Crippen LogP contribution in [0, 0.1) is 0 Å². The minimum atomic E-state index is 0.222. The Morgan fingerprint density at radius 1 is 1.30 bits per heavy atom. The van der Waals surface area contributed by atoms with E-state index in [2.05, 4.69) is 47.9 Å². The Morgan fingerprint density at radius 3 is 2.90 bits per heavy atom. The lowest BCUT2D eigenvalue weighted by atomic mass is 10.0. The second-order valence-electron chi connectivity index (χ2n) is 6.60. The number of nitrogens with two attached hydrogens (primary N) is 1. The maximum atomic E-state index is 6.02. The molecule has 1 aromatic rings. The third-order valence-corrected chi connectivity index (χ3v) is 4.78. The third kappa shape index (κ3) is 2.70. The molecular weight excluding hydrogens is 246 g/mol. The van der Waals surface area contributed by atoms with E-state index in [-0.39, 0.29) is 6.04 Å². The van der Waals surface area contributed by atoms with Crippen LogP contribution >= 0.6 is 0 Å². The summed E-state index contributed by atoms with van der Waals surface area (Å²) in [6.45, 7) is 8.13. The summed E-state index contributed by atoms with van der Waals surface area (Å²) in [5.41, 5.74) is 8.83. The first-order valence-electron chi connectivity index (χ1n) is 7.99. The van der Waals surface area contributed by atoms with E-state index in [0.29, 0.717) is 6.04 Å². The lowest BCUT2D eigenvalue weighted by Crippen LogP contribution is -2.55. The molecule has 3 atom stereocenters.